The average Bonchev–Trinajstić information content (AvgIpc) is 2.67. The lowest BCUT2D eigenvalue weighted by molar-refractivity contribution is 0.251. The topological polar surface area (TPSA) is 66.9 Å². The number of urea groups is 1. The maximum atomic E-state index is 12.0. The Hall–Kier alpha value is -2.86. The van der Waals surface area contributed by atoms with Gasteiger partial charge in [0.25, 0.3) is 0 Å². The molecule has 0 fully saturated rings. The van der Waals surface area contributed by atoms with Crippen LogP contribution in [-0.4, -0.2) is 16.0 Å². The number of thioether (sulfide) groups is 1. The van der Waals surface area contributed by atoms with Crippen LogP contribution < -0.4 is 10.6 Å². The Morgan fingerprint density at radius 2 is 1.92 bits per heavy atom. The van der Waals surface area contributed by atoms with E-state index in [9.17, 15) is 4.79 Å². The molecule has 1 aromatic carbocycles. The maximum absolute atomic E-state index is 12.0. The molecule has 0 spiro atoms. The molecule has 3 rings (SSSR count). The van der Waals surface area contributed by atoms with E-state index in [0.29, 0.717) is 6.54 Å². The van der Waals surface area contributed by atoms with Crippen molar-refractivity contribution in [3.05, 3.63) is 84.3 Å². The largest absolute Gasteiger partial charge is 0.334 e. The zero-order valence-electron chi connectivity index (χ0n) is 13.6. The summed E-state index contributed by atoms with van der Waals surface area (Å²) in [6.45, 7) is 0.439. The highest BCUT2D eigenvalue weighted by Gasteiger charge is 2.03. The minimum Gasteiger partial charge on any atom is -0.334 e. The number of carbonyl (C=O) groups is 1. The molecule has 25 heavy (non-hydrogen) atoms. The molecule has 0 atom stereocenters. The minimum absolute atomic E-state index is 0.238. The van der Waals surface area contributed by atoms with Gasteiger partial charge in [0.2, 0.25) is 0 Å². The monoisotopic (exact) mass is 350 g/mol. The van der Waals surface area contributed by atoms with Crippen molar-refractivity contribution >= 4 is 23.5 Å². The second-order valence-electron chi connectivity index (χ2n) is 5.33. The van der Waals surface area contributed by atoms with Gasteiger partial charge in [-0.15, -0.1) is 11.8 Å². The number of hydrogen-bond acceptors (Lipinski definition) is 4. The Balaban J connectivity index is 1.51. The van der Waals surface area contributed by atoms with Crippen LogP contribution in [0.25, 0.3) is 0 Å². The highest BCUT2D eigenvalue weighted by Crippen LogP contribution is 2.22. The first-order chi connectivity index (χ1) is 12.3. The average molecular weight is 350 g/mol. The predicted molar refractivity (Wildman–Crippen MR) is 100 cm³/mol. The van der Waals surface area contributed by atoms with Crippen molar-refractivity contribution in [2.75, 3.05) is 5.32 Å². The fourth-order valence-corrected chi connectivity index (χ4v) is 2.99. The molecule has 0 unspecified atom stereocenters. The summed E-state index contributed by atoms with van der Waals surface area (Å²) in [4.78, 5) is 20.3. The number of carbonyl (C=O) groups excluding carboxylic acids is 1. The zero-order chi connectivity index (χ0) is 17.3. The number of pyridine rings is 2. The fourth-order valence-electron chi connectivity index (χ4n) is 2.19. The van der Waals surface area contributed by atoms with Crippen LogP contribution in [0.4, 0.5) is 10.5 Å². The molecule has 0 aliphatic rings. The number of nitrogens with one attached hydrogen (secondary N) is 2. The van der Waals surface area contributed by atoms with E-state index in [1.807, 2.05) is 54.6 Å². The van der Waals surface area contributed by atoms with Crippen LogP contribution in [0.2, 0.25) is 0 Å². The summed E-state index contributed by atoms with van der Waals surface area (Å²) in [7, 11) is 0. The van der Waals surface area contributed by atoms with E-state index in [0.717, 1.165) is 27.6 Å². The van der Waals surface area contributed by atoms with Gasteiger partial charge in [0, 0.05) is 36.6 Å². The van der Waals surface area contributed by atoms with Gasteiger partial charge < -0.3 is 10.6 Å². The summed E-state index contributed by atoms with van der Waals surface area (Å²) in [6, 6.07) is 17.2. The number of anilines is 1. The third-order valence-corrected chi connectivity index (χ3v) is 4.40. The van der Waals surface area contributed by atoms with Gasteiger partial charge in [0.05, 0.1) is 5.03 Å². The second-order valence-corrected chi connectivity index (χ2v) is 6.32. The summed E-state index contributed by atoms with van der Waals surface area (Å²) in [6.07, 6.45) is 5.22. The van der Waals surface area contributed by atoms with E-state index in [1.165, 1.54) is 0 Å². The van der Waals surface area contributed by atoms with Gasteiger partial charge in [-0.1, -0.05) is 24.3 Å². The molecule has 3 aromatic rings. The Morgan fingerprint density at radius 1 is 1.00 bits per heavy atom. The number of amides is 2. The zero-order valence-corrected chi connectivity index (χ0v) is 14.4. The molecule has 2 N–H and O–H groups in total. The van der Waals surface area contributed by atoms with E-state index in [1.54, 1.807) is 30.4 Å². The van der Waals surface area contributed by atoms with Crippen molar-refractivity contribution in [2.45, 2.75) is 17.3 Å². The van der Waals surface area contributed by atoms with Crippen molar-refractivity contribution < 1.29 is 4.79 Å². The molecule has 0 saturated carbocycles. The Kier molecular flexibility index (Phi) is 6.01. The first-order valence-corrected chi connectivity index (χ1v) is 8.85. The first-order valence-electron chi connectivity index (χ1n) is 7.86. The lowest BCUT2D eigenvalue weighted by atomic mass is 10.2. The summed E-state index contributed by atoms with van der Waals surface area (Å²) >= 11 is 1.66. The number of aromatic nitrogens is 2. The summed E-state index contributed by atoms with van der Waals surface area (Å²) in [5.41, 5.74) is 2.85. The van der Waals surface area contributed by atoms with Gasteiger partial charge in [0.1, 0.15) is 0 Å². The van der Waals surface area contributed by atoms with Gasteiger partial charge in [-0.25, -0.2) is 9.78 Å². The molecule has 6 heteroatoms. The van der Waals surface area contributed by atoms with Gasteiger partial charge in [-0.3, -0.25) is 4.98 Å². The van der Waals surface area contributed by atoms with E-state index < -0.39 is 0 Å². The van der Waals surface area contributed by atoms with Crippen LogP contribution >= 0.6 is 11.8 Å². The number of hydrogen-bond donors (Lipinski definition) is 2. The van der Waals surface area contributed by atoms with Crippen molar-refractivity contribution in [2.24, 2.45) is 0 Å². The number of nitrogens with zero attached hydrogens (tertiary/aromatic N) is 2. The van der Waals surface area contributed by atoms with Gasteiger partial charge in [0.15, 0.2) is 0 Å². The van der Waals surface area contributed by atoms with Crippen molar-refractivity contribution in [1.82, 2.24) is 15.3 Å². The van der Waals surface area contributed by atoms with Crippen molar-refractivity contribution in [1.29, 1.82) is 0 Å². The third-order valence-electron chi connectivity index (χ3n) is 3.39. The van der Waals surface area contributed by atoms with Crippen LogP contribution in [0.15, 0.2) is 78.2 Å². The van der Waals surface area contributed by atoms with Crippen LogP contribution in [-0.2, 0) is 12.3 Å². The van der Waals surface area contributed by atoms with Crippen LogP contribution in [0.1, 0.15) is 11.1 Å². The molecule has 0 saturated heterocycles. The quantitative estimate of drug-likeness (QED) is 0.657. The minimum atomic E-state index is -0.238. The standard InChI is InChI=1S/C19H18N4OS/c24-19(22-13-16-6-4-9-20-12-16)23-17-7-3-5-15(11-17)14-25-18-8-1-2-10-21-18/h1-12H,13-14H2,(H2,22,23,24). The summed E-state index contributed by atoms with van der Waals surface area (Å²) < 4.78 is 0. The molecular weight excluding hydrogens is 332 g/mol. The van der Waals surface area contributed by atoms with Crippen LogP contribution in [0.3, 0.4) is 0 Å². The molecule has 2 heterocycles. The first kappa shape index (κ1) is 17.0. The number of rotatable bonds is 6. The van der Waals surface area contributed by atoms with Gasteiger partial charge in [-0.05, 0) is 41.5 Å². The molecule has 0 aliphatic carbocycles. The summed E-state index contributed by atoms with van der Waals surface area (Å²) in [5.74, 6) is 0.795. The smallest absolute Gasteiger partial charge is 0.319 e. The highest BCUT2D eigenvalue weighted by atomic mass is 32.2. The molecule has 5 nitrogen and oxygen atoms in total. The Bertz CT molecular complexity index is 812. The molecule has 0 aliphatic heterocycles. The van der Waals surface area contributed by atoms with E-state index in [2.05, 4.69) is 20.6 Å². The molecule has 126 valence electrons. The van der Waals surface area contributed by atoms with Gasteiger partial charge >= 0.3 is 6.03 Å². The lowest BCUT2D eigenvalue weighted by Gasteiger charge is -2.09. The highest BCUT2D eigenvalue weighted by molar-refractivity contribution is 7.98. The van der Waals surface area contributed by atoms with E-state index in [4.69, 9.17) is 0 Å². The third kappa shape index (κ3) is 5.61. The van der Waals surface area contributed by atoms with Gasteiger partial charge in [-0.2, -0.15) is 0 Å². The summed E-state index contributed by atoms with van der Waals surface area (Å²) in [5, 5.41) is 6.66. The normalized spacial score (nSPS) is 10.2. The van der Waals surface area contributed by atoms with Crippen molar-refractivity contribution in [3.63, 3.8) is 0 Å². The predicted octanol–water partition coefficient (Wildman–Crippen LogP) is 4.09. The molecule has 0 bridgehead atoms. The maximum Gasteiger partial charge on any atom is 0.319 e. The van der Waals surface area contributed by atoms with Crippen LogP contribution in [0, 0.1) is 0 Å². The second kappa shape index (κ2) is 8.84. The molecule has 2 aromatic heterocycles. The van der Waals surface area contributed by atoms with E-state index >= 15 is 0 Å². The fraction of sp³-hybridized carbons (Fsp3) is 0.105. The SMILES string of the molecule is O=C(NCc1cccnc1)Nc1cccc(CSc2ccccn2)c1. The van der Waals surface area contributed by atoms with Crippen molar-refractivity contribution in [3.8, 4) is 0 Å². The number of benzene rings is 1. The molecule has 0 radical (unpaired) electrons. The molecule has 2 amide bonds. The Morgan fingerprint density at radius 3 is 2.72 bits per heavy atom. The Labute approximate surface area is 150 Å². The molecular formula is C19H18N4OS. The van der Waals surface area contributed by atoms with Crippen LogP contribution in [0.5, 0.6) is 0 Å². The lowest BCUT2D eigenvalue weighted by Crippen LogP contribution is -2.28. The van der Waals surface area contributed by atoms with E-state index in [-0.39, 0.29) is 6.03 Å².